The first-order valence-electron chi connectivity index (χ1n) is 40.7. The zero-order valence-corrected chi connectivity index (χ0v) is 67.8. The summed E-state index contributed by atoms with van der Waals surface area (Å²) >= 11 is 0. The van der Waals surface area contributed by atoms with Crippen LogP contribution < -0.4 is 0 Å². The van der Waals surface area contributed by atoms with E-state index in [1.165, 1.54) is 77.0 Å². The zero-order valence-electron chi connectivity index (χ0n) is 66.1. The van der Waals surface area contributed by atoms with Crippen LogP contribution in [0.25, 0.3) is 0 Å². The number of esters is 4. The van der Waals surface area contributed by atoms with E-state index >= 15 is 0 Å². The van der Waals surface area contributed by atoms with Crippen molar-refractivity contribution in [1.82, 2.24) is 0 Å². The van der Waals surface area contributed by atoms with Crippen LogP contribution in [0, 0.1) is 0 Å². The van der Waals surface area contributed by atoms with E-state index in [0.29, 0.717) is 38.5 Å². The summed E-state index contributed by atoms with van der Waals surface area (Å²) in [5, 5.41) is 10.6. The minimum Gasteiger partial charge on any atom is -0.462 e. The fourth-order valence-electron chi connectivity index (χ4n) is 10.4. The molecule has 0 rings (SSSR count). The highest BCUT2D eigenvalue weighted by Gasteiger charge is 2.30. The Labute approximate surface area is 642 Å². The molecule has 0 aliphatic carbocycles. The molecule has 0 aromatic rings. The van der Waals surface area contributed by atoms with Crippen molar-refractivity contribution in [2.24, 2.45) is 0 Å². The lowest BCUT2D eigenvalue weighted by atomic mass is 10.0. The Hall–Kier alpha value is -5.32. The highest BCUT2D eigenvalue weighted by atomic mass is 31.2. The number of phosphoric acid groups is 2. The Morgan fingerprint density at radius 2 is 0.509 bits per heavy atom. The molecule has 0 aliphatic rings. The number of carbonyl (C=O) groups excluding carboxylic acids is 4. The SMILES string of the molecule is CC/C=C\C/C=C\C/C=C\C/C=C\C/C=C\C/C=C\CCC(=O)O[C@H](COC(=O)CCCCCCCCC/C=C\CCCCCC)COP(=O)(O)OC[C@@H](O)COP(=O)(O)OC[C@@H](COC(=O)CCCCCCCCCCCCCCC)OC(=O)CC/C=C\C/C=C\C/C=C\C/C=C\C/C=C\C/C=C\CC. The first-order valence-corrected chi connectivity index (χ1v) is 43.7. The van der Waals surface area contributed by atoms with Gasteiger partial charge in [-0.25, -0.2) is 9.13 Å². The van der Waals surface area contributed by atoms with Crippen LogP contribution in [-0.4, -0.2) is 96.7 Å². The third kappa shape index (κ3) is 76.9. The molecule has 0 aromatic carbocycles. The Balaban J connectivity index is 5.51. The normalized spacial score (nSPS) is 14.7. The maximum Gasteiger partial charge on any atom is 0.472 e. The largest absolute Gasteiger partial charge is 0.472 e. The maximum absolute atomic E-state index is 13.1. The number of rotatable bonds is 75. The Morgan fingerprint density at radius 1 is 0.274 bits per heavy atom. The van der Waals surface area contributed by atoms with E-state index in [9.17, 15) is 43.2 Å². The molecule has 5 atom stereocenters. The van der Waals surface area contributed by atoms with Gasteiger partial charge in [0, 0.05) is 25.7 Å². The molecule has 0 fully saturated rings. The molecule has 0 aliphatic heterocycles. The smallest absolute Gasteiger partial charge is 0.462 e. The molecule has 0 saturated carbocycles. The Bertz CT molecular complexity index is 2630. The van der Waals surface area contributed by atoms with Crippen LogP contribution >= 0.6 is 15.6 Å². The van der Waals surface area contributed by atoms with Crippen molar-refractivity contribution in [2.75, 3.05) is 39.6 Å². The molecule has 0 radical (unpaired) electrons. The molecule has 0 bridgehead atoms. The summed E-state index contributed by atoms with van der Waals surface area (Å²) in [6.07, 6.45) is 91.1. The number of hydrogen-bond acceptors (Lipinski definition) is 15. The van der Waals surface area contributed by atoms with E-state index in [4.69, 9.17) is 37.0 Å². The fourth-order valence-corrected chi connectivity index (χ4v) is 12.0. The monoisotopic (exact) mass is 1520 g/mol. The molecule has 0 aromatic heterocycles. The number of aliphatic hydroxyl groups excluding tert-OH is 1. The van der Waals surface area contributed by atoms with Crippen molar-refractivity contribution in [2.45, 2.75) is 329 Å². The van der Waals surface area contributed by atoms with Crippen molar-refractivity contribution in [3.63, 3.8) is 0 Å². The zero-order chi connectivity index (χ0) is 77.4. The number of aliphatic hydroxyl groups is 1. The predicted molar refractivity (Wildman–Crippen MR) is 436 cm³/mol. The van der Waals surface area contributed by atoms with Crippen LogP contribution in [0.4, 0.5) is 0 Å². The third-order valence-corrected chi connectivity index (χ3v) is 18.4. The minimum absolute atomic E-state index is 0.0348. The highest BCUT2D eigenvalue weighted by molar-refractivity contribution is 7.47. The van der Waals surface area contributed by atoms with Gasteiger partial charge in [0.25, 0.3) is 0 Å². The summed E-state index contributed by atoms with van der Waals surface area (Å²) in [6, 6.07) is 0. The first-order chi connectivity index (χ1) is 51.7. The molecule has 0 saturated heterocycles. The summed E-state index contributed by atoms with van der Waals surface area (Å²) in [7, 11) is -10.0. The lowest BCUT2D eigenvalue weighted by Crippen LogP contribution is -2.30. The van der Waals surface area contributed by atoms with E-state index in [1.807, 2.05) is 36.5 Å². The number of ether oxygens (including phenoxy) is 4. The second-order valence-corrected chi connectivity index (χ2v) is 29.5. The molecule has 604 valence electrons. The van der Waals surface area contributed by atoms with Crippen molar-refractivity contribution in [3.05, 3.63) is 158 Å². The van der Waals surface area contributed by atoms with Crippen molar-refractivity contribution in [1.29, 1.82) is 0 Å². The van der Waals surface area contributed by atoms with Crippen molar-refractivity contribution in [3.8, 4) is 0 Å². The standard InChI is InChI=1S/C87H144O17P2/c1-5-9-13-17-21-25-29-33-36-38-40-42-45-49-53-57-61-65-69-73-86(91)103-82(77-97-84(89)71-67-63-59-55-51-47-32-28-24-20-16-12-8-4)79-101-105(93,94)99-75-81(88)76-100-106(95,96)102-80-83(78-98-85(90)72-68-64-60-56-52-48-44-35-31-27-23-19-15-11-7-3)104-87(92)74-70-66-62-58-54-50-46-43-41-39-37-34-30-26-22-18-14-10-6-2/h9-10,13-14,21-22,25-27,31,33-34,36-37,40-43,49-50,53-54,61-62,65-66,81-83,88H,5-8,11-12,15-20,23-24,28-30,32,35,38-39,44-48,51-52,55-60,63-64,67-80H2,1-4H3,(H,93,94)(H,95,96)/b13-9-,14-10-,25-21-,26-22-,31-27-,36-33-,37-34-,42-40-,43-41-,53-49-,54-50-,65-61-,66-62-/t81-,82+,83+/m0/s1. The molecule has 17 nitrogen and oxygen atoms in total. The van der Waals surface area contributed by atoms with Gasteiger partial charge in [-0.15, -0.1) is 0 Å². The topological polar surface area (TPSA) is 237 Å². The van der Waals surface area contributed by atoms with Crippen LogP contribution in [0.3, 0.4) is 0 Å². The van der Waals surface area contributed by atoms with E-state index in [-0.39, 0.29) is 25.7 Å². The van der Waals surface area contributed by atoms with E-state index in [1.54, 1.807) is 0 Å². The lowest BCUT2D eigenvalue weighted by Gasteiger charge is -2.21. The molecule has 2 unspecified atom stereocenters. The first kappa shape index (κ1) is 101. The molecule has 106 heavy (non-hydrogen) atoms. The molecule has 0 spiro atoms. The fraction of sp³-hybridized carbons (Fsp3) is 0.655. The highest BCUT2D eigenvalue weighted by Crippen LogP contribution is 2.45. The lowest BCUT2D eigenvalue weighted by molar-refractivity contribution is -0.161. The summed E-state index contributed by atoms with van der Waals surface area (Å²) in [5.74, 6) is -2.38. The quantitative estimate of drug-likeness (QED) is 0.0169. The Morgan fingerprint density at radius 3 is 0.802 bits per heavy atom. The van der Waals surface area contributed by atoms with Gasteiger partial charge in [-0.3, -0.25) is 37.3 Å². The van der Waals surface area contributed by atoms with Gasteiger partial charge >= 0.3 is 39.5 Å². The minimum atomic E-state index is -5.01. The number of carbonyl (C=O) groups is 4. The molecule has 3 N–H and O–H groups in total. The molecule has 0 amide bonds. The van der Waals surface area contributed by atoms with E-state index in [2.05, 4.69) is 149 Å². The van der Waals surface area contributed by atoms with Crippen LogP contribution in [0.1, 0.15) is 310 Å². The molecular weight excluding hydrogens is 1380 g/mol. The predicted octanol–water partition coefficient (Wildman–Crippen LogP) is 24.0. The van der Waals surface area contributed by atoms with Crippen molar-refractivity contribution >= 4 is 39.5 Å². The summed E-state index contributed by atoms with van der Waals surface area (Å²) in [5.41, 5.74) is 0. The number of hydrogen-bond donors (Lipinski definition) is 3. The second kappa shape index (κ2) is 77.8. The van der Waals surface area contributed by atoms with Crippen LogP contribution in [0.5, 0.6) is 0 Å². The Kier molecular flexibility index (Phi) is 73.9. The average molecular weight is 1520 g/mol. The second-order valence-electron chi connectivity index (χ2n) is 26.6. The van der Waals surface area contributed by atoms with Gasteiger partial charge in [0.15, 0.2) is 12.2 Å². The molecule has 19 heteroatoms. The maximum atomic E-state index is 13.1. The van der Waals surface area contributed by atoms with Gasteiger partial charge in [-0.05, 0) is 128 Å². The van der Waals surface area contributed by atoms with Gasteiger partial charge in [-0.1, -0.05) is 314 Å². The summed E-state index contributed by atoms with van der Waals surface area (Å²) in [4.78, 5) is 73.0. The summed E-state index contributed by atoms with van der Waals surface area (Å²) in [6.45, 7) is 4.46. The van der Waals surface area contributed by atoms with Gasteiger partial charge in [0.05, 0.1) is 26.4 Å². The van der Waals surface area contributed by atoms with Gasteiger partial charge in [-0.2, -0.15) is 0 Å². The molecular formula is C87H144O17P2. The van der Waals surface area contributed by atoms with E-state index < -0.39 is 97.5 Å². The number of phosphoric ester groups is 2. The van der Waals surface area contributed by atoms with Crippen molar-refractivity contribution < 1.29 is 80.2 Å². The number of unbranched alkanes of at least 4 members (excludes halogenated alkanes) is 23. The van der Waals surface area contributed by atoms with Gasteiger partial charge in [0.1, 0.15) is 19.3 Å². The van der Waals surface area contributed by atoms with Gasteiger partial charge in [0.2, 0.25) is 0 Å². The van der Waals surface area contributed by atoms with Crippen LogP contribution in [0.2, 0.25) is 0 Å². The van der Waals surface area contributed by atoms with Gasteiger partial charge < -0.3 is 33.8 Å². The summed E-state index contributed by atoms with van der Waals surface area (Å²) < 4.78 is 68.5. The van der Waals surface area contributed by atoms with E-state index in [0.717, 1.165) is 141 Å². The average Bonchev–Trinajstić information content (AvgIpc) is 1.23. The third-order valence-electron chi connectivity index (χ3n) is 16.5. The van der Waals surface area contributed by atoms with Crippen LogP contribution in [0.15, 0.2) is 158 Å². The molecule has 0 heterocycles. The number of allylic oxidation sites excluding steroid dienone is 26. The van der Waals surface area contributed by atoms with Crippen LogP contribution in [-0.2, 0) is 65.4 Å².